The number of benzene rings is 1. The summed E-state index contributed by atoms with van der Waals surface area (Å²) in [5.41, 5.74) is 8.35. The topological polar surface area (TPSA) is 151 Å². The minimum Gasteiger partial charge on any atom is -0.443 e. The lowest BCUT2D eigenvalue weighted by atomic mass is 9.84. The number of carbonyl (C=O) groups excluding carboxylic acids is 4. The van der Waals surface area contributed by atoms with Crippen LogP contribution in [0.15, 0.2) is 12.1 Å². The van der Waals surface area contributed by atoms with Crippen LogP contribution in [0.1, 0.15) is 75.3 Å². The van der Waals surface area contributed by atoms with Crippen molar-refractivity contribution in [3.63, 3.8) is 0 Å². The highest BCUT2D eigenvalue weighted by Gasteiger charge is 2.37. The second kappa shape index (κ2) is 12.3. The van der Waals surface area contributed by atoms with Gasteiger partial charge in [-0.05, 0) is 86.4 Å². The summed E-state index contributed by atoms with van der Waals surface area (Å²) in [5.74, 6) is -0.555. The predicted molar refractivity (Wildman–Crippen MR) is 177 cm³/mol. The molecule has 0 radical (unpaired) electrons. The molecule has 1 fully saturated rings. The number of imide groups is 1. The maximum Gasteiger partial charge on any atom is 0.426 e. The molecule has 5 rings (SSSR count). The number of hydrogen-bond donors (Lipinski definition) is 2. The number of nitrogens with zero attached hydrogens (tertiary/aromatic N) is 4. The minimum atomic E-state index is -0.897. The summed E-state index contributed by atoms with van der Waals surface area (Å²) in [4.78, 5) is 66.5. The summed E-state index contributed by atoms with van der Waals surface area (Å²) in [7, 11) is 2.06. The van der Waals surface area contributed by atoms with Gasteiger partial charge in [-0.15, -0.1) is 0 Å². The number of aromatic nitrogens is 2. The molecule has 1 unspecified atom stereocenters. The number of rotatable bonds is 4. The number of amides is 4. The fraction of sp³-hybridized carbons (Fsp3) is 0.545. The van der Waals surface area contributed by atoms with Crippen molar-refractivity contribution in [2.45, 2.75) is 78.9 Å². The monoisotopic (exact) mass is 652 g/mol. The highest BCUT2D eigenvalue weighted by Crippen LogP contribution is 2.44. The van der Waals surface area contributed by atoms with Gasteiger partial charge in [-0.25, -0.2) is 14.6 Å². The molecule has 1 aliphatic carbocycles. The van der Waals surface area contributed by atoms with Gasteiger partial charge in [0.05, 0.1) is 21.7 Å². The number of piperazine rings is 1. The van der Waals surface area contributed by atoms with Crippen molar-refractivity contribution < 1.29 is 28.7 Å². The van der Waals surface area contributed by atoms with Crippen LogP contribution in [0.25, 0.3) is 21.3 Å². The van der Waals surface area contributed by atoms with E-state index in [0.717, 1.165) is 64.6 Å². The lowest BCUT2D eigenvalue weighted by Gasteiger charge is -2.35. The highest BCUT2D eigenvalue weighted by molar-refractivity contribution is 7.19. The number of likely N-dealkylation sites (N-methyl/N-ethyl adjacent to an activating group) is 1. The van der Waals surface area contributed by atoms with E-state index in [9.17, 15) is 19.2 Å². The Morgan fingerprint density at radius 1 is 1.00 bits per heavy atom. The summed E-state index contributed by atoms with van der Waals surface area (Å²) < 4.78 is 11.1. The van der Waals surface area contributed by atoms with Gasteiger partial charge in [0.2, 0.25) is 11.0 Å². The number of ether oxygens (including phenoxy) is 2. The second-order valence-corrected chi connectivity index (χ2v) is 15.1. The van der Waals surface area contributed by atoms with Gasteiger partial charge in [0, 0.05) is 48.7 Å². The highest BCUT2D eigenvalue weighted by atomic mass is 32.1. The third kappa shape index (κ3) is 6.90. The average Bonchev–Trinajstić information content (AvgIpc) is 3.50. The number of nitrogens with one attached hydrogen (secondary N) is 1. The van der Waals surface area contributed by atoms with E-state index in [0.29, 0.717) is 40.9 Å². The van der Waals surface area contributed by atoms with E-state index in [1.165, 1.54) is 0 Å². The molecule has 0 bridgehead atoms. The Balaban J connectivity index is 1.56. The zero-order valence-electron chi connectivity index (χ0n) is 27.9. The molecule has 0 spiro atoms. The van der Waals surface area contributed by atoms with Crippen molar-refractivity contribution in [3.05, 3.63) is 34.6 Å². The molecule has 46 heavy (non-hydrogen) atoms. The third-order valence-electron chi connectivity index (χ3n) is 8.14. The van der Waals surface area contributed by atoms with Crippen LogP contribution in [0.3, 0.4) is 0 Å². The first-order chi connectivity index (χ1) is 21.4. The number of fused-ring (bicyclic) bond motifs is 3. The van der Waals surface area contributed by atoms with Crippen LogP contribution in [0.5, 0.6) is 0 Å². The Labute approximate surface area is 273 Å². The van der Waals surface area contributed by atoms with Gasteiger partial charge in [-0.1, -0.05) is 17.4 Å². The molecular weight excluding hydrogens is 608 g/mol. The van der Waals surface area contributed by atoms with Crippen LogP contribution in [-0.4, -0.2) is 88.2 Å². The van der Waals surface area contributed by atoms with Gasteiger partial charge in [-0.3, -0.25) is 9.59 Å². The molecule has 3 heterocycles. The zero-order valence-corrected chi connectivity index (χ0v) is 28.7. The summed E-state index contributed by atoms with van der Waals surface area (Å²) in [6, 6.07) is 3.50. The van der Waals surface area contributed by atoms with Crippen LogP contribution in [-0.2, 0) is 27.1 Å². The number of carbonyl (C=O) groups is 4. The Hall–Kier alpha value is -3.97. The maximum atomic E-state index is 13.5. The van der Waals surface area contributed by atoms with Crippen LogP contribution < -0.4 is 10.6 Å². The second-order valence-electron chi connectivity index (χ2n) is 14.1. The fourth-order valence-corrected chi connectivity index (χ4v) is 7.08. The van der Waals surface area contributed by atoms with Gasteiger partial charge in [-0.2, -0.15) is 4.90 Å². The van der Waals surface area contributed by atoms with Gasteiger partial charge >= 0.3 is 12.2 Å². The molecule has 2 aromatic heterocycles. The number of aromatic amines is 1. The first-order valence-corrected chi connectivity index (χ1v) is 16.4. The summed E-state index contributed by atoms with van der Waals surface area (Å²) >= 11 is 1.16. The summed E-state index contributed by atoms with van der Waals surface area (Å²) in [5, 5.41) is 0.932. The molecule has 248 valence electrons. The SMILES string of the molecule is Cc1nc(N(C(=O)OC(C)(C)C)C(=O)OC(C)(C)C)sc1-c1ccc(C(N)=O)c2[nH]c3c(c12)CCC(C(=O)N1CCN(C)CC1)C3. The molecule has 1 aromatic carbocycles. The Morgan fingerprint density at radius 3 is 2.17 bits per heavy atom. The number of nitrogens with two attached hydrogens (primary N) is 1. The number of anilines is 1. The Bertz CT molecular complexity index is 1660. The summed E-state index contributed by atoms with van der Waals surface area (Å²) in [6.07, 6.45) is 0.0629. The number of H-pyrrole nitrogens is 1. The van der Waals surface area contributed by atoms with Crippen molar-refractivity contribution in [2.75, 3.05) is 38.1 Å². The van der Waals surface area contributed by atoms with Crippen LogP contribution in [0.4, 0.5) is 14.7 Å². The molecule has 4 amide bonds. The normalized spacial score (nSPS) is 17.5. The van der Waals surface area contributed by atoms with Crippen molar-refractivity contribution >= 4 is 51.4 Å². The molecule has 13 heteroatoms. The average molecular weight is 653 g/mol. The Kier molecular flexibility index (Phi) is 8.95. The van der Waals surface area contributed by atoms with E-state index in [4.69, 9.17) is 15.2 Å². The zero-order chi connectivity index (χ0) is 33.7. The van der Waals surface area contributed by atoms with Gasteiger partial charge in [0.25, 0.3) is 5.91 Å². The van der Waals surface area contributed by atoms with E-state index in [2.05, 4.69) is 21.9 Å². The van der Waals surface area contributed by atoms with Crippen LogP contribution in [0, 0.1) is 12.8 Å². The van der Waals surface area contributed by atoms with E-state index in [-0.39, 0.29) is 17.0 Å². The molecule has 1 atom stereocenters. The molecule has 3 aromatic rings. The first-order valence-electron chi connectivity index (χ1n) is 15.6. The van der Waals surface area contributed by atoms with E-state index in [1.807, 2.05) is 11.0 Å². The Morgan fingerprint density at radius 2 is 1.61 bits per heavy atom. The summed E-state index contributed by atoms with van der Waals surface area (Å²) in [6.45, 7) is 15.2. The van der Waals surface area contributed by atoms with Gasteiger partial charge < -0.3 is 30.0 Å². The largest absolute Gasteiger partial charge is 0.443 e. The minimum absolute atomic E-state index is 0.102. The van der Waals surface area contributed by atoms with Gasteiger partial charge in [0.1, 0.15) is 11.2 Å². The smallest absolute Gasteiger partial charge is 0.426 e. The standard InChI is InChI=1S/C33H44N6O6S/c1-18-26(46-29(35-18)39(30(42)44-32(2,3)4)31(43)45-33(5,6)7)21-11-12-22(27(34)40)25-24(21)20-10-9-19(17-23(20)36-25)28(41)38-15-13-37(8)14-16-38/h11-12,19,36H,9-10,13-17H2,1-8H3,(H2,34,40). The van der Waals surface area contributed by atoms with Crippen molar-refractivity contribution in [1.82, 2.24) is 19.8 Å². The van der Waals surface area contributed by atoms with E-state index >= 15 is 0 Å². The predicted octanol–water partition coefficient (Wildman–Crippen LogP) is 5.25. The molecule has 3 N–H and O–H groups in total. The molecule has 0 saturated carbocycles. The lowest BCUT2D eigenvalue weighted by Crippen LogP contribution is -2.49. The number of thiazole rings is 1. The van der Waals surface area contributed by atoms with Crippen LogP contribution >= 0.6 is 11.3 Å². The molecule has 1 aliphatic heterocycles. The number of aryl methyl sites for hydroxylation is 2. The lowest BCUT2D eigenvalue weighted by molar-refractivity contribution is -0.137. The van der Waals surface area contributed by atoms with Crippen molar-refractivity contribution in [3.8, 4) is 10.4 Å². The number of hydrogen-bond acceptors (Lipinski definition) is 9. The molecule has 12 nitrogen and oxygen atoms in total. The van der Waals surface area contributed by atoms with Crippen molar-refractivity contribution in [2.24, 2.45) is 11.7 Å². The van der Waals surface area contributed by atoms with E-state index in [1.54, 1.807) is 54.5 Å². The first kappa shape index (κ1) is 33.4. The third-order valence-corrected chi connectivity index (χ3v) is 9.32. The van der Waals surface area contributed by atoms with Gasteiger partial charge in [0.15, 0.2) is 0 Å². The molecule has 1 saturated heterocycles. The van der Waals surface area contributed by atoms with Crippen molar-refractivity contribution in [1.29, 1.82) is 0 Å². The molecular formula is C33H44N6O6S. The van der Waals surface area contributed by atoms with Crippen LogP contribution in [0.2, 0.25) is 0 Å². The molecule has 2 aliphatic rings. The quantitative estimate of drug-likeness (QED) is 0.388. The fourth-order valence-electron chi connectivity index (χ4n) is 6.00. The number of primary amides is 1. The maximum absolute atomic E-state index is 13.5. The van der Waals surface area contributed by atoms with E-state index < -0.39 is 29.3 Å².